The van der Waals surface area contributed by atoms with Gasteiger partial charge in [0.15, 0.2) is 11.0 Å². The third-order valence-corrected chi connectivity index (χ3v) is 6.39. The average Bonchev–Trinajstić information content (AvgIpc) is 3.07. The van der Waals surface area contributed by atoms with Crippen molar-refractivity contribution >= 4 is 28.3 Å². The van der Waals surface area contributed by atoms with E-state index in [0.29, 0.717) is 43.5 Å². The largest absolute Gasteiger partial charge is 0.462 e. The maximum absolute atomic E-state index is 14.8. The van der Waals surface area contributed by atoms with E-state index in [2.05, 4.69) is 19.9 Å². The zero-order valence-electron chi connectivity index (χ0n) is 17.0. The minimum absolute atomic E-state index is 0.0512. The molecule has 0 aliphatic carbocycles. The van der Waals surface area contributed by atoms with E-state index in [-0.39, 0.29) is 29.3 Å². The van der Waals surface area contributed by atoms with Crippen LogP contribution in [0.2, 0.25) is 5.15 Å². The molecule has 0 amide bonds. The van der Waals surface area contributed by atoms with Gasteiger partial charge in [-0.3, -0.25) is 4.90 Å². The molecule has 0 saturated carbocycles. The third kappa shape index (κ3) is 4.27. The van der Waals surface area contributed by atoms with Gasteiger partial charge in [0.25, 0.3) is 0 Å². The molecule has 0 bridgehead atoms. The van der Waals surface area contributed by atoms with E-state index < -0.39 is 11.9 Å². The minimum atomic E-state index is -0.714. The molecule has 31 heavy (non-hydrogen) atoms. The number of hydrogen-bond donors (Lipinski definition) is 1. The quantitative estimate of drug-likeness (QED) is 0.686. The summed E-state index contributed by atoms with van der Waals surface area (Å²) in [6.07, 6.45) is 2.85. The lowest BCUT2D eigenvalue weighted by molar-refractivity contribution is -0.0101. The van der Waals surface area contributed by atoms with Crippen LogP contribution in [0.15, 0.2) is 6.20 Å². The van der Waals surface area contributed by atoms with Crippen molar-refractivity contribution in [3.8, 4) is 6.01 Å². The molecule has 3 atom stereocenters. The van der Waals surface area contributed by atoms with Crippen LogP contribution in [0.5, 0.6) is 6.01 Å². The number of hydrogen-bond acceptors (Lipinski definition) is 9. The molecule has 5 heterocycles. The minimum Gasteiger partial charge on any atom is -0.462 e. The Balaban J connectivity index is 1.44. The summed E-state index contributed by atoms with van der Waals surface area (Å²) in [6.45, 7) is 4.21. The second-order valence-electron chi connectivity index (χ2n) is 8.14. The van der Waals surface area contributed by atoms with E-state index >= 15 is 0 Å². The van der Waals surface area contributed by atoms with Crippen molar-refractivity contribution < 1.29 is 23.7 Å². The molecule has 0 aromatic carbocycles. The molecule has 3 aliphatic rings. The van der Waals surface area contributed by atoms with Gasteiger partial charge in [-0.25, -0.2) is 9.37 Å². The van der Waals surface area contributed by atoms with Gasteiger partial charge < -0.3 is 24.2 Å². The number of aliphatic hydroxyl groups is 1. The summed E-state index contributed by atoms with van der Waals surface area (Å²) in [6, 6.07) is 0.757. The Morgan fingerprint density at radius 2 is 2.03 bits per heavy atom. The van der Waals surface area contributed by atoms with E-state index in [0.717, 1.165) is 32.6 Å². The average molecular weight is 454 g/mol. The molecule has 9 nitrogen and oxygen atoms in total. The van der Waals surface area contributed by atoms with Gasteiger partial charge in [0.2, 0.25) is 0 Å². The Morgan fingerprint density at radius 1 is 1.19 bits per heavy atom. The summed E-state index contributed by atoms with van der Waals surface area (Å²) in [5, 5.41) is 10.3. The lowest BCUT2D eigenvalue weighted by Crippen LogP contribution is -2.46. The van der Waals surface area contributed by atoms with Gasteiger partial charge in [-0.1, -0.05) is 11.6 Å². The van der Waals surface area contributed by atoms with E-state index in [1.54, 1.807) is 0 Å². The molecule has 11 heteroatoms. The SMILES string of the molecule is OC1COCCN(c2nc(OC[C@@H]3CC[C@H]4COCCN43)nc3c(F)c(Cl)ncc23)C1. The molecular weight excluding hydrogens is 429 g/mol. The van der Waals surface area contributed by atoms with Crippen molar-refractivity contribution in [1.82, 2.24) is 19.9 Å². The lowest BCUT2D eigenvalue weighted by Gasteiger charge is -2.33. The first-order chi connectivity index (χ1) is 15.1. The second kappa shape index (κ2) is 8.95. The Kier molecular flexibility index (Phi) is 6.07. The van der Waals surface area contributed by atoms with Crippen molar-refractivity contribution in [2.75, 3.05) is 57.6 Å². The Bertz CT molecular complexity index is 953. The number of anilines is 1. The first kappa shape index (κ1) is 21.0. The topological polar surface area (TPSA) is 93.1 Å². The summed E-state index contributed by atoms with van der Waals surface area (Å²) < 4.78 is 31.7. The molecule has 3 fully saturated rings. The zero-order valence-corrected chi connectivity index (χ0v) is 17.8. The smallest absolute Gasteiger partial charge is 0.319 e. The highest BCUT2D eigenvalue weighted by molar-refractivity contribution is 6.30. The van der Waals surface area contributed by atoms with E-state index in [1.165, 1.54) is 6.20 Å². The van der Waals surface area contributed by atoms with Crippen LogP contribution in [0.25, 0.3) is 10.9 Å². The molecule has 2 aromatic rings. The summed E-state index contributed by atoms with van der Waals surface area (Å²) in [5.74, 6) is -0.267. The number of ether oxygens (including phenoxy) is 3. The predicted octanol–water partition coefficient (Wildman–Crippen LogP) is 1.26. The maximum Gasteiger partial charge on any atom is 0.319 e. The number of aliphatic hydroxyl groups excluding tert-OH is 1. The molecule has 2 aromatic heterocycles. The molecule has 3 aliphatic heterocycles. The number of halogens is 2. The van der Waals surface area contributed by atoms with Gasteiger partial charge in [-0.2, -0.15) is 9.97 Å². The first-order valence-electron chi connectivity index (χ1n) is 10.6. The fraction of sp³-hybridized carbons (Fsp3) is 0.650. The molecule has 5 rings (SSSR count). The van der Waals surface area contributed by atoms with Crippen LogP contribution >= 0.6 is 11.6 Å². The van der Waals surface area contributed by atoms with Crippen molar-refractivity contribution in [3.63, 3.8) is 0 Å². The molecule has 0 spiro atoms. The zero-order chi connectivity index (χ0) is 21.4. The number of fused-ring (bicyclic) bond motifs is 2. The van der Waals surface area contributed by atoms with Crippen molar-refractivity contribution in [3.05, 3.63) is 17.2 Å². The van der Waals surface area contributed by atoms with Crippen molar-refractivity contribution in [2.45, 2.75) is 31.0 Å². The molecular formula is C20H25ClFN5O4. The van der Waals surface area contributed by atoms with Crippen LogP contribution in [-0.2, 0) is 9.47 Å². The van der Waals surface area contributed by atoms with Gasteiger partial charge in [0.1, 0.15) is 17.9 Å². The molecule has 1 unspecified atom stereocenters. The van der Waals surface area contributed by atoms with Gasteiger partial charge in [0, 0.05) is 37.9 Å². The number of morpholine rings is 1. The Morgan fingerprint density at radius 3 is 2.94 bits per heavy atom. The van der Waals surface area contributed by atoms with Crippen LogP contribution in [0.1, 0.15) is 12.8 Å². The summed E-state index contributed by atoms with van der Waals surface area (Å²) >= 11 is 5.90. The summed E-state index contributed by atoms with van der Waals surface area (Å²) in [4.78, 5) is 17.0. The standard InChI is InChI=1S/C20H25ClFN5O4/c21-18-16(22)17-15(7-23-18)19(26-3-5-30-11-14(28)8-26)25-20(24-17)31-10-13-2-1-12-9-29-6-4-27(12)13/h7,12-14,28H,1-6,8-11H2/t12-,13-,14?/m0/s1. The highest BCUT2D eigenvalue weighted by Crippen LogP contribution is 2.31. The fourth-order valence-corrected chi connectivity index (χ4v) is 4.73. The molecule has 1 N–H and O–H groups in total. The number of nitrogens with zero attached hydrogens (tertiary/aromatic N) is 5. The lowest BCUT2D eigenvalue weighted by atomic mass is 10.2. The number of pyridine rings is 1. The Labute approximate surface area is 184 Å². The van der Waals surface area contributed by atoms with Crippen LogP contribution in [0, 0.1) is 5.82 Å². The summed E-state index contributed by atoms with van der Waals surface area (Å²) in [5.41, 5.74) is 0.0512. The fourth-order valence-electron chi connectivity index (χ4n) is 4.59. The van der Waals surface area contributed by atoms with E-state index in [1.807, 2.05) is 4.90 Å². The maximum atomic E-state index is 14.8. The highest BCUT2D eigenvalue weighted by atomic mass is 35.5. The molecule has 168 valence electrons. The first-order valence-corrected chi connectivity index (χ1v) is 11.0. The normalized spacial score (nSPS) is 27.3. The van der Waals surface area contributed by atoms with Crippen LogP contribution in [0.3, 0.4) is 0 Å². The van der Waals surface area contributed by atoms with Gasteiger partial charge in [-0.05, 0) is 12.8 Å². The number of rotatable bonds is 4. The predicted molar refractivity (Wildman–Crippen MR) is 111 cm³/mol. The van der Waals surface area contributed by atoms with Crippen LogP contribution < -0.4 is 9.64 Å². The highest BCUT2D eigenvalue weighted by Gasteiger charge is 2.36. The van der Waals surface area contributed by atoms with Crippen molar-refractivity contribution in [1.29, 1.82) is 0 Å². The van der Waals surface area contributed by atoms with Gasteiger partial charge >= 0.3 is 6.01 Å². The molecule has 3 saturated heterocycles. The van der Waals surface area contributed by atoms with Crippen LogP contribution in [-0.4, -0.2) is 95.8 Å². The van der Waals surface area contributed by atoms with E-state index in [9.17, 15) is 9.50 Å². The summed E-state index contributed by atoms with van der Waals surface area (Å²) in [7, 11) is 0. The second-order valence-corrected chi connectivity index (χ2v) is 8.50. The van der Waals surface area contributed by atoms with E-state index in [4.69, 9.17) is 25.8 Å². The van der Waals surface area contributed by atoms with Crippen LogP contribution in [0.4, 0.5) is 10.2 Å². The van der Waals surface area contributed by atoms with Gasteiger partial charge in [0.05, 0.1) is 37.9 Å². The monoisotopic (exact) mass is 453 g/mol. The number of β-amino-alcohol motifs (C(OH)–C–C–N with tert-alkyl or cyclic N) is 1. The Hall–Kier alpha value is -1.85. The van der Waals surface area contributed by atoms with Crippen molar-refractivity contribution in [2.24, 2.45) is 0 Å². The van der Waals surface area contributed by atoms with Gasteiger partial charge in [-0.15, -0.1) is 0 Å². The third-order valence-electron chi connectivity index (χ3n) is 6.13. The molecule has 0 radical (unpaired) electrons. The number of aromatic nitrogens is 3.